The number of nitrogens with zero attached hydrogens (tertiary/aromatic N) is 1. The number of hydrogen-bond acceptors (Lipinski definition) is 2. The first kappa shape index (κ1) is 10.5. The van der Waals surface area contributed by atoms with E-state index in [-0.39, 0.29) is 12.4 Å². The zero-order chi connectivity index (χ0) is 8.39. The predicted octanol–water partition coefficient (Wildman–Crippen LogP) is 2.23. The molecule has 1 aliphatic rings. The lowest BCUT2D eigenvalue weighted by atomic mass is 9.79. The van der Waals surface area contributed by atoms with Crippen molar-refractivity contribution >= 4 is 12.4 Å². The van der Waals surface area contributed by atoms with E-state index in [4.69, 9.17) is 5.73 Å². The van der Waals surface area contributed by atoms with Crippen molar-refractivity contribution in [3.05, 3.63) is 29.6 Å². The average Bonchev–Trinajstić information content (AvgIpc) is 2.02. The fourth-order valence-electron chi connectivity index (χ4n) is 1.73. The molecule has 0 unspecified atom stereocenters. The highest BCUT2D eigenvalue weighted by atomic mass is 35.5. The summed E-state index contributed by atoms with van der Waals surface area (Å²) < 4.78 is 0. The topological polar surface area (TPSA) is 38.9 Å². The van der Waals surface area contributed by atoms with Crippen molar-refractivity contribution in [2.24, 2.45) is 5.73 Å². The Hall–Kier alpha value is -0.600. The fraction of sp³-hybridized carbons (Fsp3) is 0.500. The minimum absolute atomic E-state index is 0. The standard InChI is InChI=1S/C10H14N2.ClH/c11-6-9-7-12-5-4-10(9)8-2-1-3-8;/h4-5,7-8H,1-3,6,11H2;1H. The first-order valence-electron chi connectivity index (χ1n) is 4.54. The van der Waals surface area contributed by atoms with Gasteiger partial charge in [-0.05, 0) is 36.0 Å². The van der Waals surface area contributed by atoms with Crippen molar-refractivity contribution < 1.29 is 0 Å². The molecule has 0 atom stereocenters. The molecule has 1 saturated carbocycles. The van der Waals surface area contributed by atoms with Gasteiger partial charge in [0.05, 0.1) is 0 Å². The lowest BCUT2D eigenvalue weighted by Gasteiger charge is -2.27. The molecule has 0 aliphatic heterocycles. The van der Waals surface area contributed by atoms with E-state index >= 15 is 0 Å². The first-order valence-corrected chi connectivity index (χ1v) is 4.54. The summed E-state index contributed by atoms with van der Waals surface area (Å²) in [7, 11) is 0. The number of pyridine rings is 1. The van der Waals surface area contributed by atoms with Gasteiger partial charge >= 0.3 is 0 Å². The third-order valence-corrected chi connectivity index (χ3v) is 2.71. The Morgan fingerprint density at radius 3 is 2.77 bits per heavy atom. The molecule has 0 radical (unpaired) electrons. The Morgan fingerprint density at radius 1 is 1.46 bits per heavy atom. The second-order valence-electron chi connectivity index (χ2n) is 3.41. The molecule has 1 aromatic heterocycles. The number of halogens is 1. The summed E-state index contributed by atoms with van der Waals surface area (Å²) in [5.41, 5.74) is 8.28. The normalized spacial score (nSPS) is 16.1. The highest BCUT2D eigenvalue weighted by Crippen LogP contribution is 2.37. The second kappa shape index (κ2) is 4.58. The molecule has 2 rings (SSSR count). The van der Waals surface area contributed by atoms with Gasteiger partial charge in [-0.2, -0.15) is 0 Å². The molecule has 1 aromatic rings. The van der Waals surface area contributed by atoms with Crippen LogP contribution < -0.4 is 5.73 Å². The summed E-state index contributed by atoms with van der Waals surface area (Å²) in [5.74, 6) is 0.770. The van der Waals surface area contributed by atoms with Crippen LogP contribution in [0.3, 0.4) is 0 Å². The summed E-state index contributed by atoms with van der Waals surface area (Å²) in [6.07, 6.45) is 7.80. The van der Waals surface area contributed by atoms with Gasteiger partial charge in [0.2, 0.25) is 0 Å². The third kappa shape index (κ3) is 2.01. The van der Waals surface area contributed by atoms with Crippen molar-refractivity contribution in [1.82, 2.24) is 4.98 Å². The molecule has 2 nitrogen and oxygen atoms in total. The molecule has 1 heterocycles. The molecule has 0 bridgehead atoms. The molecule has 1 aliphatic carbocycles. The maximum absolute atomic E-state index is 5.63. The van der Waals surface area contributed by atoms with Crippen molar-refractivity contribution in [3.8, 4) is 0 Å². The number of aromatic nitrogens is 1. The van der Waals surface area contributed by atoms with Gasteiger partial charge in [-0.15, -0.1) is 12.4 Å². The maximum atomic E-state index is 5.63. The molecule has 3 heteroatoms. The quantitative estimate of drug-likeness (QED) is 0.792. The van der Waals surface area contributed by atoms with E-state index in [0.29, 0.717) is 6.54 Å². The highest BCUT2D eigenvalue weighted by Gasteiger charge is 2.21. The first-order chi connectivity index (χ1) is 5.92. The Kier molecular flexibility index (Phi) is 3.70. The predicted molar refractivity (Wildman–Crippen MR) is 56.0 cm³/mol. The zero-order valence-corrected chi connectivity index (χ0v) is 8.39. The van der Waals surface area contributed by atoms with E-state index in [2.05, 4.69) is 11.1 Å². The lowest BCUT2D eigenvalue weighted by molar-refractivity contribution is 0.417. The number of rotatable bonds is 2. The van der Waals surface area contributed by atoms with Crippen LogP contribution in [0.1, 0.15) is 36.3 Å². The van der Waals surface area contributed by atoms with Crippen LogP contribution in [0.4, 0.5) is 0 Å². The molecular weight excluding hydrogens is 184 g/mol. The summed E-state index contributed by atoms with van der Waals surface area (Å²) in [5, 5.41) is 0. The largest absolute Gasteiger partial charge is 0.326 e. The van der Waals surface area contributed by atoms with Crippen LogP contribution in [0.25, 0.3) is 0 Å². The Labute approximate surface area is 85.0 Å². The molecule has 0 spiro atoms. The molecule has 0 aromatic carbocycles. The van der Waals surface area contributed by atoms with Crippen LogP contribution >= 0.6 is 12.4 Å². The van der Waals surface area contributed by atoms with Gasteiger partial charge in [0.15, 0.2) is 0 Å². The minimum atomic E-state index is 0. The van der Waals surface area contributed by atoms with Gasteiger partial charge in [0.25, 0.3) is 0 Å². The van der Waals surface area contributed by atoms with Crippen LogP contribution in [0.2, 0.25) is 0 Å². The van der Waals surface area contributed by atoms with Gasteiger partial charge < -0.3 is 5.73 Å². The van der Waals surface area contributed by atoms with E-state index in [0.717, 1.165) is 5.92 Å². The number of nitrogens with two attached hydrogens (primary N) is 1. The Morgan fingerprint density at radius 2 is 2.23 bits per heavy atom. The van der Waals surface area contributed by atoms with Crippen LogP contribution in [0.15, 0.2) is 18.5 Å². The molecule has 13 heavy (non-hydrogen) atoms. The Bertz CT molecular complexity index is 271. The summed E-state index contributed by atoms with van der Waals surface area (Å²) >= 11 is 0. The lowest BCUT2D eigenvalue weighted by Crippen LogP contribution is -2.13. The van der Waals surface area contributed by atoms with E-state index in [9.17, 15) is 0 Å². The average molecular weight is 199 g/mol. The van der Waals surface area contributed by atoms with E-state index in [1.54, 1.807) is 0 Å². The van der Waals surface area contributed by atoms with E-state index in [1.807, 2.05) is 12.4 Å². The summed E-state index contributed by atoms with van der Waals surface area (Å²) in [4.78, 5) is 4.08. The van der Waals surface area contributed by atoms with Crippen molar-refractivity contribution in [2.45, 2.75) is 31.7 Å². The van der Waals surface area contributed by atoms with Gasteiger partial charge in [0, 0.05) is 18.9 Å². The highest BCUT2D eigenvalue weighted by molar-refractivity contribution is 5.85. The maximum Gasteiger partial charge on any atom is 0.0315 e. The van der Waals surface area contributed by atoms with Crippen LogP contribution in [-0.4, -0.2) is 4.98 Å². The molecule has 72 valence electrons. The van der Waals surface area contributed by atoms with Gasteiger partial charge in [-0.25, -0.2) is 0 Å². The van der Waals surface area contributed by atoms with E-state index < -0.39 is 0 Å². The molecule has 2 N–H and O–H groups in total. The smallest absolute Gasteiger partial charge is 0.0315 e. The minimum Gasteiger partial charge on any atom is -0.326 e. The van der Waals surface area contributed by atoms with Gasteiger partial charge in [-0.3, -0.25) is 4.98 Å². The molecule has 0 saturated heterocycles. The SMILES string of the molecule is Cl.NCc1cnccc1C1CCC1. The fourth-order valence-corrected chi connectivity index (χ4v) is 1.73. The Balaban J connectivity index is 0.000000845. The zero-order valence-electron chi connectivity index (χ0n) is 7.57. The van der Waals surface area contributed by atoms with Crippen LogP contribution in [0, 0.1) is 0 Å². The van der Waals surface area contributed by atoms with Crippen LogP contribution in [0.5, 0.6) is 0 Å². The van der Waals surface area contributed by atoms with Gasteiger partial charge in [0.1, 0.15) is 0 Å². The monoisotopic (exact) mass is 198 g/mol. The van der Waals surface area contributed by atoms with Crippen molar-refractivity contribution in [2.75, 3.05) is 0 Å². The van der Waals surface area contributed by atoms with Gasteiger partial charge in [-0.1, -0.05) is 6.42 Å². The van der Waals surface area contributed by atoms with Crippen molar-refractivity contribution in [1.29, 1.82) is 0 Å². The third-order valence-electron chi connectivity index (χ3n) is 2.71. The molecule has 0 amide bonds. The molecule has 1 fully saturated rings. The number of hydrogen-bond donors (Lipinski definition) is 1. The second-order valence-corrected chi connectivity index (χ2v) is 3.41. The summed E-state index contributed by atoms with van der Waals surface area (Å²) in [6.45, 7) is 0.625. The van der Waals surface area contributed by atoms with Crippen molar-refractivity contribution in [3.63, 3.8) is 0 Å². The molecular formula is C10H15ClN2. The summed E-state index contributed by atoms with van der Waals surface area (Å²) in [6, 6.07) is 2.12. The van der Waals surface area contributed by atoms with Crippen LogP contribution in [-0.2, 0) is 6.54 Å². The van der Waals surface area contributed by atoms with E-state index in [1.165, 1.54) is 30.4 Å².